The molecule has 0 unspecified atom stereocenters. The van der Waals surface area contributed by atoms with Gasteiger partial charge in [-0.1, -0.05) is 12.1 Å². The Morgan fingerprint density at radius 2 is 2.19 bits per heavy atom. The first-order chi connectivity index (χ1) is 12.5. The van der Waals surface area contributed by atoms with Crippen LogP contribution in [0, 0.1) is 6.92 Å². The van der Waals surface area contributed by atoms with E-state index in [0.717, 1.165) is 48.5 Å². The van der Waals surface area contributed by atoms with E-state index in [1.54, 1.807) is 6.92 Å². The van der Waals surface area contributed by atoms with E-state index in [9.17, 15) is 4.79 Å². The van der Waals surface area contributed by atoms with Gasteiger partial charge in [-0.3, -0.25) is 14.4 Å². The lowest BCUT2D eigenvalue weighted by molar-refractivity contribution is -0.114. The maximum absolute atomic E-state index is 11.4. The van der Waals surface area contributed by atoms with Crippen LogP contribution < -0.4 is 5.32 Å². The Hall–Kier alpha value is -2.73. The number of nitrogens with one attached hydrogen (secondary N) is 1. The summed E-state index contributed by atoms with van der Waals surface area (Å²) in [6, 6.07) is 8.35. The molecular formula is C20H23N5O. The summed E-state index contributed by atoms with van der Waals surface area (Å²) in [5.41, 5.74) is 6.64. The molecule has 6 heteroatoms. The zero-order valence-electron chi connectivity index (χ0n) is 15.4. The standard InChI is InChI=1S/C20H23N5O/c1-13-18-9-15(10-21-20(18)24(3)23-13)11-25-8-7-17-16(12-25)5-4-6-19(17)22-14(2)26/h4-6,9-10H,7-8,11-12H2,1-3H3,(H,22,26). The number of pyridine rings is 1. The zero-order chi connectivity index (χ0) is 18.3. The highest BCUT2D eigenvalue weighted by Gasteiger charge is 2.19. The highest BCUT2D eigenvalue weighted by molar-refractivity contribution is 5.89. The number of fused-ring (bicyclic) bond motifs is 2. The van der Waals surface area contributed by atoms with Gasteiger partial charge in [-0.15, -0.1) is 0 Å². The normalized spacial score (nSPS) is 14.4. The van der Waals surface area contributed by atoms with E-state index < -0.39 is 0 Å². The molecule has 0 saturated heterocycles. The number of aryl methyl sites for hydroxylation is 2. The van der Waals surface area contributed by atoms with E-state index in [0.29, 0.717) is 0 Å². The van der Waals surface area contributed by atoms with E-state index in [1.807, 2.05) is 37.0 Å². The van der Waals surface area contributed by atoms with Crippen LogP contribution in [0.4, 0.5) is 5.69 Å². The lowest BCUT2D eigenvalue weighted by atomic mass is 9.97. The van der Waals surface area contributed by atoms with Gasteiger partial charge in [0.05, 0.1) is 5.69 Å². The van der Waals surface area contributed by atoms with E-state index in [4.69, 9.17) is 0 Å². The van der Waals surface area contributed by atoms with Crippen LogP contribution in [0.15, 0.2) is 30.5 Å². The summed E-state index contributed by atoms with van der Waals surface area (Å²) < 4.78 is 1.83. The van der Waals surface area contributed by atoms with Crippen molar-refractivity contribution < 1.29 is 4.79 Å². The predicted octanol–water partition coefficient (Wildman–Crippen LogP) is 2.79. The molecule has 0 atom stereocenters. The molecule has 0 radical (unpaired) electrons. The lowest BCUT2D eigenvalue weighted by Crippen LogP contribution is -2.30. The summed E-state index contributed by atoms with van der Waals surface area (Å²) in [4.78, 5) is 18.4. The van der Waals surface area contributed by atoms with Crippen LogP contribution in [0.25, 0.3) is 11.0 Å². The van der Waals surface area contributed by atoms with Crippen LogP contribution in [-0.4, -0.2) is 32.1 Å². The molecule has 0 bridgehead atoms. The second-order valence-electron chi connectivity index (χ2n) is 7.01. The van der Waals surface area contributed by atoms with Crippen molar-refractivity contribution in [1.29, 1.82) is 0 Å². The maximum Gasteiger partial charge on any atom is 0.221 e. The number of amides is 1. The van der Waals surface area contributed by atoms with Gasteiger partial charge in [0, 0.05) is 50.9 Å². The van der Waals surface area contributed by atoms with Gasteiger partial charge in [0.2, 0.25) is 5.91 Å². The third kappa shape index (κ3) is 3.08. The monoisotopic (exact) mass is 349 g/mol. The summed E-state index contributed by atoms with van der Waals surface area (Å²) >= 11 is 0. The fourth-order valence-electron chi connectivity index (χ4n) is 3.81. The summed E-state index contributed by atoms with van der Waals surface area (Å²) in [6.07, 6.45) is 2.89. The van der Waals surface area contributed by atoms with Gasteiger partial charge < -0.3 is 5.32 Å². The molecule has 134 valence electrons. The average molecular weight is 349 g/mol. The topological polar surface area (TPSA) is 63.1 Å². The Morgan fingerprint density at radius 3 is 3.00 bits per heavy atom. The van der Waals surface area contributed by atoms with Gasteiger partial charge in [-0.05, 0) is 42.2 Å². The van der Waals surface area contributed by atoms with Crippen LogP contribution in [0.1, 0.15) is 29.3 Å². The molecule has 3 heterocycles. The average Bonchev–Trinajstić information content (AvgIpc) is 2.88. The van der Waals surface area contributed by atoms with Crippen molar-refractivity contribution in [3.05, 3.63) is 52.8 Å². The molecule has 0 saturated carbocycles. The van der Waals surface area contributed by atoms with Gasteiger partial charge in [0.15, 0.2) is 5.65 Å². The second kappa shape index (κ2) is 6.53. The number of carbonyl (C=O) groups is 1. The Bertz CT molecular complexity index is 991. The Morgan fingerprint density at radius 1 is 1.35 bits per heavy atom. The van der Waals surface area contributed by atoms with Crippen molar-refractivity contribution in [3.8, 4) is 0 Å². The first-order valence-corrected chi connectivity index (χ1v) is 8.90. The number of hydrogen-bond acceptors (Lipinski definition) is 4. The van der Waals surface area contributed by atoms with Crippen LogP contribution in [-0.2, 0) is 31.4 Å². The van der Waals surface area contributed by atoms with Crippen LogP contribution in [0.2, 0.25) is 0 Å². The molecule has 26 heavy (non-hydrogen) atoms. The highest BCUT2D eigenvalue weighted by atomic mass is 16.1. The first kappa shape index (κ1) is 16.7. The number of carbonyl (C=O) groups excluding carboxylic acids is 1. The third-order valence-electron chi connectivity index (χ3n) is 4.98. The molecule has 0 spiro atoms. The fourth-order valence-corrected chi connectivity index (χ4v) is 3.81. The van der Waals surface area contributed by atoms with Gasteiger partial charge in [0.1, 0.15) is 0 Å². The molecule has 6 nitrogen and oxygen atoms in total. The first-order valence-electron chi connectivity index (χ1n) is 8.90. The van der Waals surface area contributed by atoms with Crippen molar-refractivity contribution in [2.45, 2.75) is 33.4 Å². The second-order valence-corrected chi connectivity index (χ2v) is 7.01. The Labute approximate surface area is 152 Å². The van der Waals surface area contributed by atoms with Gasteiger partial charge in [-0.2, -0.15) is 5.10 Å². The molecule has 0 aliphatic carbocycles. The van der Waals surface area contributed by atoms with Crippen molar-refractivity contribution >= 4 is 22.6 Å². The molecule has 1 amide bonds. The minimum Gasteiger partial charge on any atom is -0.326 e. The summed E-state index contributed by atoms with van der Waals surface area (Å²) in [6.45, 7) is 6.29. The minimum atomic E-state index is -0.0213. The molecule has 1 aliphatic rings. The van der Waals surface area contributed by atoms with E-state index in [-0.39, 0.29) is 5.91 Å². The molecule has 1 aliphatic heterocycles. The number of nitrogens with zero attached hydrogens (tertiary/aromatic N) is 4. The van der Waals surface area contributed by atoms with Crippen molar-refractivity contribution in [1.82, 2.24) is 19.7 Å². The van der Waals surface area contributed by atoms with E-state index >= 15 is 0 Å². The predicted molar refractivity (Wildman–Crippen MR) is 102 cm³/mol. The third-order valence-corrected chi connectivity index (χ3v) is 4.98. The quantitative estimate of drug-likeness (QED) is 0.790. The number of aromatic nitrogens is 3. The largest absolute Gasteiger partial charge is 0.326 e. The molecule has 1 N–H and O–H groups in total. The number of benzene rings is 1. The smallest absolute Gasteiger partial charge is 0.221 e. The zero-order valence-corrected chi connectivity index (χ0v) is 15.4. The van der Waals surface area contributed by atoms with Gasteiger partial charge in [-0.25, -0.2) is 4.98 Å². The highest BCUT2D eigenvalue weighted by Crippen LogP contribution is 2.27. The molecule has 1 aromatic carbocycles. The Kier molecular flexibility index (Phi) is 4.20. The van der Waals surface area contributed by atoms with E-state index in [1.165, 1.54) is 16.7 Å². The molecule has 4 rings (SSSR count). The van der Waals surface area contributed by atoms with Crippen LogP contribution in [0.3, 0.4) is 0 Å². The number of rotatable bonds is 3. The van der Waals surface area contributed by atoms with Gasteiger partial charge in [0.25, 0.3) is 0 Å². The lowest BCUT2D eigenvalue weighted by Gasteiger charge is -2.30. The van der Waals surface area contributed by atoms with Crippen molar-refractivity contribution in [3.63, 3.8) is 0 Å². The molecule has 3 aromatic rings. The Balaban J connectivity index is 1.54. The maximum atomic E-state index is 11.4. The fraction of sp³-hybridized carbons (Fsp3) is 0.350. The van der Waals surface area contributed by atoms with Gasteiger partial charge >= 0.3 is 0 Å². The SMILES string of the molecule is CC(=O)Nc1cccc2c1CCN(Cc1cnc3c(c1)c(C)nn3C)C2. The molecule has 2 aromatic heterocycles. The molecular weight excluding hydrogens is 326 g/mol. The van der Waals surface area contributed by atoms with Crippen LogP contribution in [0.5, 0.6) is 0 Å². The number of anilines is 1. The van der Waals surface area contributed by atoms with Crippen LogP contribution >= 0.6 is 0 Å². The summed E-state index contributed by atoms with van der Waals surface area (Å²) in [5.74, 6) is -0.0213. The number of hydrogen-bond donors (Lipinski definition) is 1. The van der Waals surface area contributed by atoms with Crippen molar-refractivity contribution in [2.75, 3.05) is 11.9 Å². The summed E-state index contributed by atoms with van der Waals surface area (Å²) in [5, 5.41) is 8.52. The van der Waals surface area contributed by atoms with E-state index in [2.05, 4.69) is 32.4 Å². The summed E-state index contributed by atoms with van der Waals surface area (Å²) in [7, 11) is 1.93. The molecule has 0 fully saturated rings. The minimum absolute atomic E-state index is 0.0213. The van der Waals surface area contributed by atoms with Crippen molar-refractivity contribution in [2.24, 2.45) is 7.05 Å².